The molecule has 6 rings (SSSR count). The number of fused-ring (bicyclic) bond motifs is 1. The summed E-state index contributed by atoms with van der Waals surface area (Å²) in [5.41, 5.74) is 6.67. The summed E-state index contributed by atoms with van der Waals surface area (Å²) in [6, 6.07) is 24.2. The molecule has 2 bridgehead atoms. The number of benzene rings is 3. The number of hydrogen-bond donors (Lipinski definition) is 1. The van der Waals surface area contributed by atoms with Crippen molar-refractivity contribution in [3.8, 4) is 0 Å². The summed E-state index contributed by atoms with van der Waals surface area (Å²) < 4.78 is 0. The third kappa shape index (κ3) is 2.58. The number of amides is 1. The molecule has 0 unspecified atom stereocenters. The predicted molar refractivity (Wildman–Crippen MR) is 110 cm³/mol. The van der Waals surface area contributed by atoms with E-state index in [1.165, 1.54) is 22.3 Å². The molecule has 3 aromatic carbocycles. The van der Waals surface area contributed by atoms with E-state index in [0.29, 0.717) is 5.56 Å². The van der Waals surface area contributed by atoms with Gasteiger partial charge in [0.15, 0.2) is 5.78 Å². The molecule has 3 heteroatoms. The first-order valence-electron chi connectivity index (χ1n) is 9.73. The summed E-state index contributed by atoms with van der Waals surface area (Å²) in [7, 11) is 0. The zero-order valence-corrected chi connectivity index (χ0v) is 15.7. The van der Waals surface area contributed by atoms with Gasteiger partial charge in [-0.05, 0) is 59.9 Å². The second-order valence-electron chi connectivity index (χ2n) is 7.75. The Morgan fingerprint density at radius 3 is 1.86 bits per heavy atom. The van der Waals surface area contributed by atoms with Gasteiger partial charge >= 0.3 is 0 Å². The Morgan fingerprint density at radius 2 is 1.32 bits per heavy atom. The van der Waals surface area contributed by atoms with E-state index in [1.54, 1.807) is 31.2 Å². The van der Waals surface area contributed by atoms with Gasteiger partial charge in [-0.1, -0.05) is 48.5 Å². The van der Waals surface area contributed by atoms with E-state index >= 15 is 0 Å². The maximum absolute atomic E-state index is 13.2. The molecule has 0 aliphatic heterocycles. The fourth-order valence-corrected chi connectivity index (χ4v) is 4.92. The van der Waals surface area contributed by atoms with Gasteiger partial charge in [0.25, 0.3) is 0 Å². The monoisotopic (exact) mass is 367 g/mol. The number of ketones is 1. The Morgan fingerprint density at radius 1 is 0.786 bits per heavy atom. The lowest BCUT2D eigenvalue weighted by atomic mass is 9.59. The van der Waals surface area contributed by atoms with Gasteiger partial charge in [0.05, 0.1) is 5.92 Å². The molecule has 0 saturated carbocycles. The smallest absolute Gasteiger partial charge is 0.228 e. The molecule has 1 amide bonds. The fraction of sp³-hybridized carbons (Fsp3) is 0.200. The molecule has 0 fully saturated rings. The highest BCUT2D eigenvalue weighted by Crippen LogP contribution is 2.55. The van der Waals surface area contributed by atoms with Gasteiger partial charge in [0.1, 0.15) is 0 Å². The molecular weight excluding hydrogens is 346 g/mol. The van der Waals surface area contributed by atoms with Crippen molar-refractivity contribution in [3.05, 3.63) is 101 Å². The van der Waals surface area contributed by atoms with Crippen LogP contribution in [0.5, 0.6) is 0 Å². The van der Waals surface area contributed by atoms with E-state index < -0.39 is 0 Å². The average Bonchev–Trinajstić information content (AvgIpc) is 2.74. The number of anilines is 1. The topological polar surface area (TPSA) is 46.2 Å². The lowest BCUT2D eigenvalue weighted by Crippen LogP contribution is -2.38. The Labute approximate surface area is 164 Å². The van der Waals surface area contributed by atoms with Crippen LogP contribution in [0.15, 0.2) is 72.8 Å². The molecule has 28 heavy (non-hydrogen) atoms. The van der Waals surface area contributed by atoms with Gasteiger partial charge in [-0.3, -0.25) is 9.59 Å². The number of rotatable bonds is 3. The molecule has 3 aliphatic carbocycles. The highest BCUT2D eigenvalue weighted by Gasteiger charge is 2.45. The first-order valence-corrected chi connectivity index (χ1v) is 9.73. The van der Waals surface area contributed by atoms with Crippen LogP contribution >= 0.6 is 0 Å². The summed E-state index contributed by atoms with van der Waals surface area (Å²) in [4.78, 5) is 24.7. The Bertz CT molecular complexity index is 1040. The molecule has 0 saturated heterocycles. The van der Waals surface area contributed by atoms with Crippen LogP contribution in [-0.2, 0) is 4.79 Å². The number of carbonyl (C=O) groups is 2. The van der Waals surface area contributed by atoms with Crippen LogP contribution in [0, 0.1) is 5.92 Å². The second kappa shape index (κ2) is 6.45. The highest BCUT2D eigenvalue weighted by atomic mass is 16.2. The number of Topliss-reactive ketones (excluding diaryl/α,β-unsaturated/α-hetero) is 1. The summed E-state index contributed by atoms with van der Waals surface area (Å²) in [5, 5.41) is 3.07. The summed E-state index contributed by atoms with van der Waals surface area (Å²) >= 11 is 0. The van der Waals surface area contributed by atoms with Crippen LogP contribution in [0.1, 0.15) is 57.8 Å². The minimum absolute atomic E-state index is 0.0238. The van der Waals surface area contributed by atoms with Crippen molar-refractivity contribution in [2.45, 2.75) is 25.2 Å². The zero-order chi connectivity index (χ0) is 19.3. The Balaban J connectivity index is 1.48. The van der Waals surface area contributed by atoms with Gasteiger partial charge in [0.2, 0.25) is 5.91 Å². The number of carbonyl (C=O) groups excluding carboxylic acids is 2. The molecule has 0 heterocycles. The van der Waals surface area contributed by atoms with Crippen LogP contribution in [-0.4, -0.2) is 11.7 Å². The van der Waals surface area contributed by atoms with Crippen molar-refractivity contribution < 1.29 is 9.59 Å². The van der Waals surface area contributed by atoms with Crippen LogP contribution in [0.3, 0.4) is 0 Å². The summed E-state index contributed by atoms with van der Waals surface area (Å²) in [5.74, 6) is 0.342. The third-order valence-electron chi connectivity index (χ3n) is 6.20. The SMILES string of the molecule is CC(=O)c1ccc(NC(=O)[C@H]2CC3c4ccccc4C2c2ccccc23)cc1. The molecule has 3 aliphatic rings. The Hall–Kier alpha value is -3.20. The van der Waals surface area contributed by atoms with Crippen LogP contribution in [0.2, 0.25) is 0 Å². The van der Waals surface area contributed by atoms with Gasteiger partial charge in [-0.2, -0.15) is 0 Å². The lowest BCUT2D eigenvalue weighted by molar-refractivity contribution is -0.121. The molecule has 138 valence electrons. The van der Waals surface area contributed by atoms with Crippen molar-refractivity contribution in [2.24, 2.45) is 5.92 Å². The maximum atomic E-state index is 13.2. The van der Waals surface area contributed by atoms with Crippen molar-refractivity contribution in [2.75, 3.05) is 5.32 Å². The molecule has 0 radical (unpaired) electrons. The minimum atomic E-state index is -0.0951. The van der Waals surface area contributed by atoms with E-state index in [-0.39, 0.29) is 29.4 Å². The highest BCUT2D eigenvalue weighted by molar-refractivity contribution is 5.97. The Kier molecular flexibility index (Phi) is 3.90. The lowest BCUT2D eigenvalue weighted by Gasteiger charge is -2.44. The van der Waals surface area contributed by atoms with Crippen molar-refractivity contribution >= 4 is 17.4 Å². The summed E-state index contributed by atoms with van der Waals surface area (Å²) in [6.45, 7) is 1.54. The maximum Gasteiger partial charge on any atom is 0.228 e. The number of nitrogens with one attached hydrogen (secondary N) is 1. The van der Waals surface area contributed by atoms with Gasteiger partial charge in [-0.15, -0.1) is 0 Å². The molecule has 1 N–H and O–H groups in total. The minimum Gasteiger partial charge on any atom is -0.326 e. The van der Waals surface area contributed by atoms with Crippen LogP contribution in [0.25, 0.3) is 0 Å². The van der Waals surface area contributed by atoms with Gasteiger partial charge in [0, 0.05) is 23.1 Å². The normalized spacial score (nSPS) is 21.5. The fourth-order valence-electron chi connectivity index (χ4n) is 4.92. The van der Waals surface area contributed by atoms with E-state index in [4.69, 9.17) is 0 Å². The first-order chi connectivity index (χ1) is 13.6. The number of hydrogen-bond acceptors (Lipinski definition) is 2. The van der Waals surface area contributed by atoms with Gasteiger partial charge < -0.3 is 5.32 Å². The van der Waals surface area contributed by atoms with E-state index in [2.05, 4.69) is 53.8 Å². The van der Waals surface area contributed by atoms with Crippen LogP contribution < -0.4 is 5.32 Å². The standard InChI is InChI=1S/C25H21NO2/c1-15(27)16-10-12-17(13-11-16)26-25(28)23-14-22-18-6-2-4-8-20(18)24(23)21-9-5-3-7-19(21)22/h2-13,22-24H,14H2,1H3,(H,26,28)/t22?,23-,24?/m0/s1. The predicted octanol–water partition coefficient (Wildman–Crippen LogP) is 5.13. The summed E-state index contributed by atoms with van der Waals surface area (Å²) in [6.07, 6.45) is 0.829. The molecule has 0 aromatic heterocycles. The van der Waals surface area contributed by atoms with Crippen molar-refractivity contribution in [1.82, 2.24) is 0 Å². The van der Waals surface area contributed by atoms with Crippen molar-refractivity contribution in [3.63, 3.8) is 0 Å². The van der Waals surface area contributed by atoms with E-state index in [1.807, 2.05) is 0 Å². The van der Waals surface area contributed by atoms with Crippen LogP contribution in [0.4, 0.5) is 5.69 Å². The third-order valence-corrected chi connectivity index (χ3v) is 6.20. The van der Waals surface area contributed by atoms with Crippen molar-refractivity contribution in [1.29, 1.82) is 0 Å². The quantitative estimate of drug-likeness (QED) is 0.653. The molecule has 1 atom stereocenters. The largest absolute Gasteiger partial charge is 0.326 e. The zero-order valence-electron chi connectivity index (χ0n) is 15.7. The molecule has 0 spiro atoms. The molecule has 3 nitrogen and oxygen atoms in total. The molecule has 3 aromatic rings. The average molecular weight is 367 g/mol. The van der Waals surface area contributed by atoms with E-state index in [9.17, 15) is 9.59 Å². The molecular formula is C25H21NO2. The first kappa shape index (κ1) is 16.9. The van der Waals surface area contributed by atoms with E-state index in [0.717, 1.165) is 12.1 Å². The van der Waals surface area contributed by atoms with Gasteiger partial charge in [-0.25, -0.2) is 0 Å². The second-order valence-corrected chi connectivity index (χ2v) is 7.75.